The summed E-state index contributed by atoms with van der Waals surface area (Å²) in [6, 6.07) is 8.17. The Morgan fingerprint density at radius 1 is 1.24 bits per heavy atom. The predicted octanol–water partition coefficient (Wildman–Crippen LogP) is 4.16. The lowest BCUT2D eigenvalue weighted by molar-refractivity contribution is 0.768. The summed E-state index contributed by atoms with van der Waals surface area (Å²) >= 11 is 0. The molecule has 0 atom stereocenters. The zero-order valence-corrected chi connectivity index (χ0v) is 14.6. The molecule has 3 aromatic rings. The third-order valence-electron chi connectivity index (χ3n) is 4.73. The first-order chi connectivity index (χ1) is 12.2. The van der Waals surface area contributed by atoms with E-state index >= 15 is 0 Å². The molecule has 1 aromatic carbocycles. The number of rotatable bonds is 3. The molecule has 1 aliphatic carbocycles. The van der Waals surface area contributed by atoms with Gasteiger partial charge in [0.2, 0.25) is 0 Å². The molecule has 0 bridgehead atoms. The van der Waals surface area contributed by atoms with Crippen molar-refractivity contribution in [3.8, 4) is 11.1 Å². The van der Waals surface area contributed by atoms with Gasteiger partial charge in [0.25, 0.3) is 5.56 Å². The SMILES string of the molecule is CCc1cc2cccc(-c3cnn(C)c3)c2c(=O)n1C1=CCCC=C1. The molecule has 0 aliphatic heterocycles. The Labute approximate surface area is 146 Å². The molecule has 0 saturated carbocycles. The molecule has 0 unspecified atom stereocenters. The van der Waals surface area contributed by atoms with E-state index in [0.717, 1.165) is 52.6 Å². The van der Waals surface area contributed by atoms with Gasteiger partial charge in [-0.1, -0.05) is 37.3 Å². The highest BCUT2D eigenvalue weighted by molar-refractivity contribution is 5.96. The summed E-state index contributed by atoms with van der Waals surface area (Å²) in [6.07, 6.45) is 12.9. The van der Waals surface area contributed by atoms with Crippen LogP contribution in [-0.2, 0) is 13.5 Å². The van der Waals surface area contributed by atoms with Crippen molar-refractivity contribution in [1.82, 2.24) is 14.3 Å². The van der Waals surface area contributed by atoms with Crippen molar-refractivity contribution >= 4 is 16.5 Å². The average molecular weight is 331 g/mol. The second kappa shape index (κ2) is 6.20. The van der Waals surface area contributed by atoms with Crippen LogP contribution < -0.4 is 5.56 Å². The van der Waals surface area contributed by atoms with Crippen LogP contribution in [0.5, 0.6) is 0 Å². The fourth-order valence-electron chi connectivity index (χ4n) is 3.52. The monoisotopic (exact) mass is 331 g/mol. The van der Waals surface area contributed by atoms with Gasteiger partial charge in [-0.3, -0.25) is 14.0 Å². The summed E-state index contributed by atoms with van der Waals surface area (Å²) in [5.41, 5.74) is 3.97. The fourth-order valence-corrected chi connectivity index (χ4v) is 3.52. The maximum Gasteiger partial charge on any atom is 0.263 e. The van der Waals surface area contributed by atoms with Crippen LogP contribution in [0.1, 0.15) is 25.5 Å². The summed E-state index contributed by atoms with van der Waals surface area (Å²) in [5, 5.41) is 6.00. The second-order valence-electron chi connectivity index (χ2n) is 6.41. The molecular weight excluding hydrogens is 310 g/mol. The van der Waals surface area contributed by atoms with Crippen LogP contribution >= 0.6 is 0 Å². The number of fused-ring (bicyclic) bond motifs is 1. The highest BCUT2D eigenvalue weighted by atomic mass is 16.1. The van der Waals surface area contributed by atoms with Crippen LogP contribution in [0.3, 0.4) is 0 Å². The van der Waals surface area contributed by atoms with Crippen molar-refractivity contribution in [3.63, 3.8) is 0 Å². The Morgan fingerprint density at radius 3 is 2.80 bits per heavy atom. The minimum atomic E-state index is 0.0478. The molecule has 0 spiro atoms. The van der Waals surface area contributed by atoms with Gasteiger partial charge in [0, 0.05) is 30.2 Å². The first-order valence-electron chi connectivity index (χ1n) is 8.73. The van der Waals surface area contributed by atoms with Gasteiger partial charge in [0.1, 0.15) is 0 Å². The first kappa shape index (κ1) is 15.6. The molecule has 2 aromatic heterocycles. The molecular formula is C21H21N3O. The molecule has 0 N–H and O–H groups in total. The molecule has 1 aliphatic rings. The number of benzene rings is 1. The van der Waals surface area contributed by atoms with Crippen LogP contribution in [0, 0.1) is 0 Å². The minimum Gasteiger partial charge on any atom is -0.281 e. The molecule has 2 heterocycles. The van der Waals surface area contributed by atoms with Crippen molar-refractivity contribution < 1.29 is 0 Å². The van der Waals surface area contributed by atoms with E-state index in [-0.39, 0.29) is 5.56 Å². The molecule has 0 radical (unpaired) electrons. The van der Waals surface area contributed by atoms with E-state index in [9.17, 15) is 4.79 Å². The lowest BCUT2D eigenvalue weighted by Crippen LogP contribution is -2.23. The first-order valence-corrected chi connectivity index (χ1v) is 8.73. The Hall–Kier alpha value is -2.88. The van der Waals surface area contributed by atoms with E-state index in [1.807, 2.05) is 42.2 Å². The van der Waals surface area contributed by atoms with E-state index in [1.165, 1.54) is 0 Å². The molecule has 0 amide bonds. The van der Waals surface area contributed by atoms with Gasteiger partial charge < -0.3 is 0 Å². The quantitative estimate of drug-likeness (QED) is 0.723. The van der Waals surface area contributed by atoms with E-state index in [1.54, 1.807) is 4.68 Å². The van der Waals surface area contributed by atoms with Gasteiger partial charge >= 0.3 is 0 Å². The Balaban J connectivity index is 2.06. The van der Waals surface area contributed by atoms with Crippen LogP contribution in [-0.4, -0.2) is 14.3 Å². The van der Waals surface area contributed by atoms with Gasteiger partial charge in [0.05, 0.1) is 11.6 Å². The highest BCUT2D eigenvalue weighted by Crippen LogP contribution is 2.28. The summed E-state index contributed by atoms with van der Waals surface area (Å²) in [5.74, 6) is 0. The summed E-state index contributed by atoms with van der Waals surface area (Å²) in [4.78, 5) is 13.5. The topological polar surface area (TPSA) is 39.8 Å². The number of allylic oxidation sites excluding steroid dienone is 4. The van der Waals surface area contributed by atoms with Crippen molar-refractivity contribution in [2.45, 2.75) is 26.2 Å². The molecule has 4 heteroatoms. The van der Waals surface area contributed by atoms with Gasteiger partial charge in [-0.05, 0) is 42.4 Å². The lowest BCUT2D eigenvalue weighted by atomic mass is 10.00. The number of hydrogen-bond donors (Lipinski definition) is 0. The smallest absolute Gasteiger partial charge is 0.263 e. The molecule has 4 nitrogen and oxygen atoms in total. The molecule has 0 fully saturated rings. The third-order valence-corrected chi connectivity index (χ3v) is 4.73. The third kappa shape index (κ3) is 2.64. The zero-order valence-electron chi connectivity index (χ0n) is 14.6. The average Bonchev–Trinajstić information content (AvgIpc) is 3.08. The van der Waals surface area contributed by atoms with Gasteiger partial charge in [0.15, 0.2) is 0 Å². The largest absolute Gasteiger partial charge is 0.281 e. The van der Waals surface area contributed by atoms with Crippen molar-refractivity contribution in [1.29, 1.82) is 0 Å². The molecule has 25 heavy (non-hydrogen) atoms. The van der Waals surface area contributed by atoms with E-state index < -0.39 is 0 Å². The summed E-state index contributed by atoms with van der Waals surface area (Å²) < 4.78 is 3.64. The number of hydrogen-bond acceptors (Lipinski definition) is 2. The van der Waals surface area contributed by atoms with Crippen molar-refractivity contribution in [2.24, 2.45) is 7.05 Å². The standard InChI is InChI=1S/C21H21N3O/c1-3-17-12-15-8-7-11-19(16-13-22-23(2)14-16)20(15)21(25)24(17)18-9-5-4-6-10-18/h5,7-14H,3-4,6H2,1-2H3. The number of aryl methyl sites for hydroxylation is 2. The highest BCUT2D eigenvalue weighted by Gasteiger charge is 2.15. The molecule has 0 saturated heterocycles. The number of pyridine rings is 1. The number of aromatic nitrogens is 3. The number of nitrogens with zero attached hydrogens (tertiary/aromatic N) is 3. The van der Waals surface area contributed by atoms with E-state index in [4.69, 9.17) is 0 Å². The van der Waals surface area contributed by atoms with Crippen LogP contribution in [0.15, 0.2) is 59.7 Å². The Morgan fingerprint density at radius 2 is 2.12 bits per heavy atom. The van der Waals surface area contributed by atoms with Gasteiger partial charge in [-0.15, -0.1) is 0 Å². The zero-order chi connectivity index (χ0) is 17.4. The Kier molecular flexibility index (Phi) is 3.88. The van der Waals surface area contributed by atoms with Crippen molar-refractivity contribution in [3.05, 3.63) is 70.9 Å². The lowest BCUT2D eigenvalue weighted by Gasteiger charge is -2.17. The normalized spacial score (nSPS) is 14.1. The van der Waals surface area contributed by atoms with Crippen molar-refractivity contribution in [2.75, 3.05) is 0 Å². The molecule has 4 rings (SSSR count). The predicted molar refractivity (Wildman–Crippen MR) is 102 cm³/mol. The van der Waals surface area contributed by atoms with Crippen LogP contribution in [0.25, 0.3) is 27.6 Å². The molecule has 126 valence electrons. The van der Waals surface area contributed by atoms with Gasteiger partial charge in [-0.2, -0.15) is 5.10 Å². The van der Waals surface area contributed by atoms with Crippen LogP contribution in [0.4, 0.5) is 0 Å². The maximum atomic E-state index is 13.5. The van der Waals surface area contributed by atoms with E-state index in [2.05, 4.69) is 36.3 Å². The summed E-state index contributed by atoms with van der Waals surface area (Å²) in [6.45, 7) is 2.09. The van der Waals surface area contributed by atoms with E-state index in [0.29, 0.717) is 0 Å². The maximum absolute atomic E-state index is 13.5. The Bertz CT molecular complexity index is 1070. The van der Waals surface area contributed by atoms with Gasteiger partial charge in [-0.25, -0.2) is 0 Å². The van der Waals surface area contributed by atoms with Crippen LogP contribution in [0.2, 0.25) is 0 Å². The minimum absolute atomic E-state index is 0.0478. The fraction of sp³-hybridized carbons (Fsp3) is 0.238. The second-order valence-corrected chi connectivity index (χ2v) is 6.41. The summed E-state index contributed by atoms with van der Waals surface area (Å²) in [7, 11) is 1.89.